The van der Waals surface area contributed by atoms with Gasteiger partial charge in [0.25, 0.3) is 5.91 Å². The van der Waals surface area contributed by atoms with Crippen molar-refractivity contribution in [3.63, 3.8) is 0 Å². The molecular formula is C23H29ClN2O2S. The molecule has 1 fully saturated rings. The lowest BCUT2D eigenvalue weighted by molar-refractivity contribution is 0.0956. The zero-order valence-electron chi connectivity index (χ0n) is 16.8. The van der Waals surface area contributed by atoms with E-state index in [1.165, 1.54) is 32.1 Å². The van der Waals surface area contributed by atoms with Crippen molar-refractivity contribution >= 4 is 35.0 Å². The number of rotatable bonds is 8. The quantitative estimate of drug-likeness (QED) is 0.414. The highest BCUT2D eigenvalue weighted by Crippen LogP contribution is 2.45. The van der Waals surface area contributed by atoms with E-state index >= 15 is 0 Å². The molecule has 0 radical (unpaired) electrons. The summed E-state index contributed by atoms with van der Waals surface area (Å²) in [5.41, 5.74) is 8.84. The largest absolute Gasteiger partial charge is 0.497 e. The number of hydrogen-bond donors (Lipinski definition) is 2. The number of nitrogen functional groups attached to an aromatic ring is 1. The molecule has 0 bridgehead atoms. The molecule has 0 spiro atoms. The summed E-state index contributed by atoms with van der Waals surface area (Å²) in [6, 6.07) is 13.0. The van der Waals surface area contributed by atoms with E-state index in [-0.39, 0.29) is 5.91 Å². The van der Waals surface area contributed by atoms with Gasteiger partial charge in [-0.15, -0.1) is 0 Å². The van der Waals surface area contributed by atoms with Gasteiger partial charge >= 0.3 is 0 Å². The van der Waals surface area contributed by atoms with Gasteiger partial charge in [0.2, 0.25) is 0 Å². The minimum Gasteiger partial charge on any atom is -0.497 e. The first-order chi connectivity index (χ1) is 14.1. The zero-order chi connectivity index (χ0) is 20.6. The lowest BCUT2D eigenvalue weighted by Gasteiger charge is -2.31. The Hall–Kier alpha value is -1.85. The summed E-state index contributed by atoms with van der Waals surface area (Å²) in [4.78, 5) is 12.4. The molecule has 1 amide bonds. The van der Waals surface area contributed by atoms with E-state index in [9.17, 15) is 4.79 Å². The minimum absolute atomic E-state index is 0.0824. The van der Waals surface area contributed by atoms with Gasteiger partial charge in [0.1, 0.15) is 5.75 Å². The van der Waals surface area contributed by atoms with Crippen molar-refractivity contribution in [3.8, 4) is 5.75 Å². The van der Waals surface area contributed by atoms with E-state index in [0.717, 1.165) is 22.0 Å². The minimum atomic E-state index is -0.0824. The number of ether oxygens (including phenoxy) is 1. The van der Waals surface area contributed by atoms with Crippen molar-refractivity contribution in [2.24, 2.45) is 5.92 Å². The predicted molar refractivity (Wildman–Crippen MR) is 123 cm³/mol. The van der Waals surface area contributed by atoms with Gasteiger partial charge in [-0.3, -0.25) is 4.79 Å². The highest BCUT2D eigenvalue weighted by molar-refractivity contribution is 7.99. The average Bonchev–Trinajstić information content (AvgIpc) is 2.76. The van der Waals surface area contributed by atoms with Crippen LogP contribution in [0.15, 0.2) is 42.5 Å². The standard InChI is InChI=1S/C23H29ClN2O2S/c1-28-19-9-5-8-17(14-19)23(27)26-12-13-29-22(16-6-3-2-4-7-16)20-15-18(24)10-11-21(20)25/h5,8-11,14-16,22H,2-4,6-7,12-13,25H2,1H3,(H,26,27). The molecule has 2 aromatic carbocycles. The summed E-state index contributed by atoms with van der Waals surface area (Å²) in [5.74, 6) is 2.02. The maximum Gasteiger partial charge on any atom is 0.251 e. The molecule has 1 unspecified atom stereocenters. The van der Waals surface area contributed by atoms with Crippen LogP contribution in [-0.4, -0.2) is 25.3 Å². The molecule has 2 aromatic rings. The van der Waals surface area contributed by atoms with E-state index in [2.05, 4.69) is 5.32 Å². The molecular weight excluding hydrogens is 404 g/mol. The third-order valence-electron chi connectivity index (χ3n) is 5.45. The first kappa shape index (κ1) is 21.8. The molecule has 0 aliphatic heterocycles. The fourth-order valence-corrected chi connectivity index (χ4v) is 5.51. The van der Waals surface area contributed by atoms with Crippen LogP contribution in [-0.2, 0) is 0 Å². The van der Waals surface area contributed by atoms with Crippen molar-refractivity contribution < 1.29 is 9.53 Å². The molecule has 1 aliphatic rings. The third-order valence-corrected chi connectivity index (χ3v) is 7.12. The summed E-state index contributed by atoms with van der Waals surface area (Å²) in [6.07, 6.45) is 6.30. The van der Waals surface area contributed by atoms with Crippen LogP contribution in [0.5, 0.6) is 5.75 Å². The Kier molecular flexibility index (Phi) is 8.13. The fourth-order valence-electron chi connectivity index (χ4n) is 3.93. The number of anilines is 1. The van der Waals surface area contributed by atoms with Crippen LogP contribution in [0.25, 0.3) is 0 Å². The highest BCUT2D eigenvalue weighted by atomic mass is 35.5. The molecule has 1 saturated carbocycles. The van der Waals surface area contributed by atoms with Crippen LogP contribution >= 0.6 is 23.4 Å². The fraction of sp³-hybridized carbons (Fsp3) is 0.435. The Morgan fingerprint density at radius 3 is 2.79 bits per heavy atom. The normalized spacial score (nSPS) is 15.7. The molecule has 0 heterocycles. The van der Waals surface area contributed by atoms with Gasteiger partial charge in [0.05, 0.1) is 7.11 Å². The number of benzene rings is 2. The Morgan fingerprint density at radius 2 is 2.03 bits per heavy atom. The van der Waals surface area contributed by atoms with Crippen LogP contribution in [0.2, 0.25) is 5.02 Å². The van der Waals surface area contributed by atoms with Crippen LogP contribution in [0.1, 0.15) is 53.3 Å². The van der Waals surface area contributed by atoms with Gasteiger partial charge in [0.15, 0.2) is 0 Å². The monoisotopic (exact) mass is 432 g/mol. The summed E-state index contributed by atoms with van der Waals surface area (Å²) >= 11 is 8.13. The van der Waals surface area contributed by atoms with Crippen LogP contribution in [0.3, 0.4) is 0 Å². The molecule has 1 atom stereocenters. The molecule has 156 valence electrons. The van der Waals surface area contributed by atoms with Gasteiger partial charge in [-0.05, 0) is 60.7 Å². The van der Waals surface area contributed by atoms with E-state index in [4.69, 9.17) is 22.1 Å². The Balaban J connectivity index is 1.61. The lowest BCUT2D eigenvalue weighted by Crippen LogP contribution is -2.26. The maximum absolute atomic E-state index is 12.4. The van der Waals surface area contributed by atoms with Crippen molar-refractivity contribution in [2.45, 2.75) is 37.4 Å². The van der Waals surface area contributed by atoms with Crippen LogP contribution in [0, 0.1) is 5.92 Å². The third kappa shape index (κ3) is 6.06. The second kappa shape index (κ2) is 10.8. The number of amides is 1. The summed E-state index contributed by atoms with van der Waals surface area (Å²) < 4.78 is 5.19. The number of hydrogen-bond acceptors (Lipinski definition) is 4. The Labute approximate surface area is 182 Å². The molecule has 3 rings (SSSR count). The van der Waals surface area contributed by atoms with E-state index in [1.54, 1.807) is 19.2 Å². The number of nitrogens with one attached hydrogen (secondary N) is 1. The number of methoxy groups -OCH3 is 1. The molecule has 3 N–H and O–H groups in total. The first-order valence-corrected chi connectivity index (χ1v) is 11.6. The van der Waals surface area contributed by atoms with Crippen LogP contribution < -0.4 is 15.8 Å². The van der Waals surface area contributed by atoms with Gasteiger partial charge in [-0.1, -0.05) is 36.9 Å². The summed E-state index contributed by atoms with van der Waals surface area (Å²) in [5, 5.41) is 4.05. The topological polar surface area (TPSA) is 64.3 Å². The first-order valence-electron chi connectivity index (χ1n) is 10.2. The number of carbonyl (C=O) groups is 1. The second-order valence-corrected chi connectivity index (χ2v) is 9.14. The second-order valence-electron chi connectivity index (χ2n) is 7.45. The molecule has 6 heteroatoms. The number of nitrogens with two attached hydrogens (primary N) is 1. The number of carbonyl (C=O) groups excluding carboxylic acids is 1. The molecule has 4 nitrogen and oxygen atoms in total. The van der Waals surface area contributed by atoms with Crippen molar-refractivity contribution in [1.29, 1.82) is 0 Å². The average molecular weight is 433 g/mol. The predicted octanol–water partition coefficient (Wildman–Crippen LogP) is 5.72. The van der Waals surface area contributed by atoms with Crippen molar-refractivity contribution in [3.05, 3.63) is 58.6 Å². The summed E-state index contributed by atoms with van der Waals surface area (Å²) in [7, 11) is 1.60. The van der Waals surface area contributed by atoms with Gasteiger partial charge in [-0.2, -0.15) is 11.8 Å². The van der Waals surface area contributed by atoms with Crippen molar-refractivity contribution in [2.75, 3.05) is 25.1 Å². The lowest BCUT2D eigenvalue weighted by atomic mass is 9.84. The number of halogens is 1. The van der Waals surface area contributed by atoms with Gasteiger partial charge in [-0.25, -0.2) is 0 Å². The number of thioether (sulfide) groups is 1. The molecule has 1 aliphatic carbocycles. The molecule has 29 heavy (non-hydrogen) atoms. The maximum atomic E-state index is 12.4. The van der Waals surface area contributed by atoms with Crippen molar-refractivity contribution in [1.82, 2.24) is 5.32 Å². The van der Waals surface area contributed by atoms with E-state index < -0.39 is 0 Å². The molecule has 0 aromatic heterocycles. The SMILES string of the molecule is COc1cccc(C(=O)NCCSC(c2cc(Cl)ccc2N)C2CCCCC2)c1. The zero-order valence-corrected chi connectivity index (χ0v) is 18.4. The van der Waals surface area contributed by atoms with Gasteiger partial charge < -0.3 is 15.8 Å². The Morgan fingerprint density at radius 1 is 1.24 bits per heavy atom. The Bertz CT molecular complexity index is 824. The summed E-state index contributed by atoms with van der Waals surface area (Å²) in [6.45, 7) is 0.602. The van der Waals surface area contributed by atoms with Crippen LogP contribution in [0.4, 0.5) is 5.69 Å². The molecule has 0 saturated heterocycles. The van der Waals surface area contributed by atoms with E-state index in [0.29, 0.717) is 29.0 Å². The highest BCUT2D eigenvalue weighted by Gasteiger charge is 2.27. The van der Waals surface area contributed by atoms with E-state index in [1.807, 2.05) is 42.1 Å². The smallest absolute Gasteiger partial charge is 0.251 e. The van der Waals surface area contributed by atoms with Gasteiger partial charge in [0, 0.05) is 33.8 Å².